The lowest BCUT2D eigenvalue weighted by molar-refractivity contribution is 0.0949. The van der Waals surface area contributed by atoms with E-state index in [0.717, 1.165) is 19.0 Å². The lowest BCUT2D eigenvalue weighted by Gasteiger charge is -2.22. The summed E-state index contributed by atoms with van der Waals surface area (Å²) < 4.78 is 10.6. The third-order valence-corrected chi connectivity index (χ3v) is 2.51. The molecule has 1 aliphatic heterocycles. The summed E-state index contributed by atoms with van der Waals surface area (Å²) in [5.41, 5.74) is 2.66. The van der Waals surface area contributed by atoms with Crippen molar-refractivity contribution in [2.45, 2.75) is 19.4 Å². The zero-order chi connectivity index (χ0) is 9.26. The first-order valence-corrected chi connectivity index (χ1v) is 4.56. The first-order valence-electron chi connectivity index (χ1n) is 4.56. The highest BCUT2D eigenvalue weighted by Crippen LogP contribution is 2.29. The molecule has 1 heterocycles. The van der Waals surface area contributed by atoms with Gasteiger partial charge >= 0.3 is 0 Å². The standard InChI is InChI=1S/C11H14O2/c1-8-6-13-7-9-3-4-10(12-2)5-11(8)9/h3-5,8H,6-7H2,1-2H3. The van der Waals surface area contributed by atoms with Gasteiger partial charge in [-0.25, -0.2) is 0 Å². The molecule has 1 aromatic rings. The minimum absolute atomic E-state index is 0.485. The highest BCUT2D eigenvalue weighted by Gasteiger charge is 2.16. The molecule has 1 unspecified atom stereocenters. The van der Waals surface area contributed by atoms with Gasteiger partial charge in [-0.3, -0.25) is 0 Å². The van der Waals surface area contributed by atoms with Crippen molar-refractivity contribution in [2.75, 3.05) is 13.7 Å². The van der Waals surface area contributed by atoms with Gasteiger partial charge in [-0.2, -0.15) is 0 Å². The van der Waals surface area contributed by atoms with Gasteiger partial charge in [0.15, 0.2) is 0 Å². The maximum atomic E-state index is 5.44. The number of hydrogen-bond donors (Lipinski definition) is 0. The predicted molar refractivity (Wildman–Crippen MR) is 51.1 cm³/mol. The second-order valence-corrected chi connectivity index (χ2v) is 3.48. The zero-order valence-electron chi connectivity index (χ0n) is 8.04. The van der Waals surface area contributed by atoms with Gasteiger partial charge in [0.25, 0.3) is 0 Å². The number of methoxy groups -OCH3 is 1. The summed E-state index contributed by atoms with van der Waals surface area (Å²) in [5, 5.41) is 0. The van der Waals surface area contributed by atoms with E-state index < -0.39 is 0 Å². The molecule has 0 bridgehead atoms. The van der Waals surface area contributed by atoms with Crippen LogP contribution in [-0.4, -0.2) is 13.7 Å². The molecule has 70 valence electrons. The van der Waals surface area contributed by atoms with Crippen LogP contribution in [0.2, 0.25) is 0 Å². The first kappa shape index (κ1) is 8.57. The average Bonchev–Trinajstić information content (AvgIpc) is 2.18. The van der Waals surface area contributed by atoms with E-state index in [4.69, 9.17) is 9.47 Å². The van der Waals surface area contributed by atoms with Crippen LogP contribution in [0.1, 0.15) is 24.0 Å². The topological polar surface area (TPSA) is 18.5 Å². The molecule has 0 fully saturated rings. The van der Waals surface area contributed by atoms with Crippen molar-refractivity contribution in [1.82, 2.24) is 0 Å². The van der Waals surface area contributed by atoms with Gasteiger partial charge in [-0.05, 0) is 23.3 Å². The molecule has 1 atom stereocenters. The summed E-state index contributed by atoms with van der Waals surface area (Å²) in [6, 6.07) is 6.19. The summed E-state index contributed by atoms with van der Waals surface area (Å²) in [4.78, 5) is 0. The lowest BCUT2D eigenvalue weighted by Crippen LogP contribution is -2.13. The summed E-state index contributed by atoms with van der Waals surface area (Å²) in [5.74, 6) is 1.42. The summed E-state index contributed by atoms with van der Waals surface area (Å²) >= 11 is 0. The molecule has 2 heteroatoms. The van der Waals surface area contributed by atoms with Crippen LogP contribution in [0.5, 0.6) is 5.75 Å². The highest BCUT2D eigenvalue weighted by atomic mass is 16.5. The zero-order valence-corrected chi connectivity index (χ0v) is 8.04. The van der Waals surface area contributed by atoms with Gasteiger partial charge in [-0.1, -0.05) is 13.0 Å². The Hall–Kier alpha value is -1.02. The van der Waals surface area contributed by atoms with Crippen molar-refractivity contribution >= 4 is 0 Å². The Kier molecular flexibility index (Phi) is 2.23. The Morgan fingerprint density at radius 3 is 3.08 bits per heavy atom. The first-order chi connectivity index (χ1) is 6.31. The van der Waals surface area contributed by atoms with Crippen LogP contribution in [0.3, 0.4) is 0 Å². The second kappa shape index (κ2) is 3.38. The quantitative estimate of drug-likeness (QED) is 0.657. The molecule has 0 spiro atoms. The fraction of sp³-hybridized carbons (Fsp3) is 0.455. The Labute approximate surface area is 78.5 Å². The van der Waals surface area contributed by atoms with E-state index in [0.29, 0.717) is 5.92 Å². The van der Waals surface area contributed by atoms with Crippen molar-refractivity contribution in [1.29, 1.82) is 0 Å². The monoisotopic (exact) mass is 178 g/mol. The molecule has 13 heavy (non-hydrogen) atoms. The van der Waals surface area contributed by atoms with Crippen LogP contribution in [0.4, 0.5) is 0 Å². The molecule has 0 aromatic heterocycles. The summed E-state index contributed by atoms with van der Waals surface area (Å²) in [6.45, 7) is 3.74. The third-order valence-electron chi connectivity index (χ3n) is 2.51. The predicted octanol–water partition coefficient (Wildman–Crippen LogP) is 2.33. The third kappa shape index (κ3) is 1.54. The minimum atomic E-state index is 0.485. The van der Waals surface area contributed by atoms with Gasteiger partial charge in [0.05, 0.1) is 20.3 Å². The van der Waals surface area contributed by atoms with Crippen molar-refractivity contribution in [3.8, 4) is 5.75 Å². The fourth-order valence-electron chi connectivity index (χ4n) is 1.73. The van der Waals surface area contributed by atoms with Gasteiger partial charge in [0.2, 0.25) is 0 Å². The van der Waals surface area contributed by atoms with E-state index in [-0.39, 0.29) is 0 Å². The van der Waals surface area contributed by atoms with Gasteiger partial charge in [0.1, 0.15) is 5.75 Å². The van der Waals surface area contributed by atoms with Crippen LogP contribution in [0.15, 0.2) is 18.2 Å². The number of ether oxygens (including phenoxy) is 2. The van der Waals surface area contributed by atoms with Crippen LogP contribution in [-0.2, 0) is 11.3 Å². The molecule has 0 radical (unpaired) electrons. The van der Waals surface area contributed by atoms with E-state index in [1.807, 2.05) is 6.07 Å². The van der Waals surface area contributed by atoms with Crippen molar-refractivity contribution in [3.63, 3.8) is 0 Å². The molecule has 0 N–H and O–H groups in total. The van der Waals surface area contributed by atoms with Gasteiger partial charge in [-0.15, -0.1) is 0 Å². The maximum absolute atomic E-state index is 5.44. The molecule has 0 saturated heterocycles. The van der Waals surface area contributed by atoms with E-state index in [2.05, 4.69) is 19.1 Å². The normalized spacial score (nSPS) is 20.9. The molecule has 1 aliphatic rings. The van der Waals surface area contributed by atoms with Crippen LogP contribution >= 0.6 is 0 Å². The molecule has 2 nitrogen and oxygen atoms in total. The minimum Gasteiger partial charge on any atom is -0.497 e. The summed E-state index contributed by atoms with van der Waals surface area (Å²) in [6.07, 6.45) is 0. The van der Waals surface area contributed by atoms with Crippen molar-refractivity contribution in [2.24, 2.45) is 0 Å². The lowest BCUT2D eigenvalue weighted by atomic mass is 9.94. The Bertz CT molecular complexity index is 307. The van der Waals surface area contributed by atoms with Crippen LogP contribution in [0, 0.1) is 0 Å². The Morgan fingerprint density at radius 1 is 1.46 bits per heavy atom. The average molecular weight is 178 g/mol. The highest BCUT2D eigenvalue weighted by molar-refractivity contribution is 5.38. The molecular formula is C11H14O2. The van der Waals surface area contributed by atoms with Crippen LogP contribution in [0.25, 0.3) is 0 Å². The molecule has 0 saturated carbocycles. The maximum Gasteiger partial charge on any atom is 0.119 e. The summed E-state index contributed by atoms with van der Waals surface area (Å²) in [7, 11) is 1.70. The van der Waals surface area contributed by atoms with E-state index >= 15 is 0 Å². The second-order valence-electron chi connectivity index (χ2n) is 3.48. The van der Waals surface area contributed by atoms with E-state index in [1.165, 1.54) is 11.1 Å². The van der Waals surface area contributed by atoms with Crippen molar-refractivity contribution < 1.29 is 9.47 Å². The number of fused-ring (bicyclic) bond motifs is 1. The van der Waals surface area contributed by atoms with Gasteiger partial charge in [0, 0.05) is 5.92 Å². The Balaban J connectivity index is 2.41. The smallest absolute Gasteiger partial charge is 0.119 e. The SMILES string of the molecule is COc1ccc2c(c1)C(C)COC2. The molecule has 1 aromatic carbocycles. The van der Waals surface area contributed by atoms with Crippen LogP contribution < -0.4 is 4.74 Å². The van der Waals surface area contributed by atoms with E-state index in [1.54, 1.807) is 7.11 Å². The number of hydrogen-bond acceptors (Lipinski definition) is 2. The molecular weight excluding hydrogens is 164 g/mol. The van der Waals surface area contributed by atoms with Crippen molar-refractivity contribution in [3.05, 3.63) is 29.3 Å². The van der Waals surface area contributed by atoms with Gasteiger partial charge < -0.3 is 9.47 Å². The largest absolute Gasteiger partial charge is 0.497 e. The fourth-order valence-corrected chi connectivity index (χ4v) is 1.73. The molecule has 2 rings (SSSR count). The number of benzene rings is 1. The molecule has 0 amide bonds. The van der Waals surface area contributed by atoms with E-state index in [9.17, 15) is 0 Å². The molecule has 0 aliphatic carbocycles. The number of rotatable bonds is 1. The Morgan fingerprint density at radius 2 is 2.31 bits per heavy atom.